The average Bonchev–Trinajstić information content (AvgIpc) is 3.36. The fourth-order valence-corrected chi connectivity index (χ4v) is 4.20. The van der Waals surface area contributed by atoms with Crippen molar-refractivity contribution < 1.29 is 19.4 Å². The van der Waals surface area contributed by atoms with E-state index in [0.717, 1.165) is 11.1 Å². The lowest BCUT2D eigenvalue weighted by atomic mass is 9.98. The number of carboxylic acids is 1. The Balaban J connectivity index is 1.28. The number of nitrogens with one attached hydrogen (secondary N) is 1. The van der Waals surface area contributed by atoms with Crippen molar-refractivity contribution in [3.8, 4) is 11.1 Å². The number of pyridine rings is 1. The van der Waals surface area contributed by atoms with Crippen molar-refractivity contribution in [3.63, 3.8) is 0 Å². The van der Waals surface area contributed by atoms with Gasteiger partial charge in [0.1, 0.15) is 12.9 Å². The minimum Gasteiger partial charge on any atom is -0.476 e. The van der Waals surface area contributed by atoms with E-state index in [4.69, 9.17) is 4.74 Å². The maximum atomic E-state index is 12.4. The zero-order chi connectivity index (χ0) is 21.4. The Kier molecular flexibility index (Phi) is 4.63. The topological polar surface area (TPSA) is 92.9 Å². The fraction of sp³-hybridized carbons (Fsp3) is 0.125. The van der Waals surface area contributed by atoms with Gasteiger partial charge in [0, 0.05) is 11.6 Å². The zero-order valence-electron chi connectivity index (χ0n) is 16.5. The number of rotatable bonds is 5. The molecule has 2 aromatic carbocycles. The molecule has 2 N–H and O–H groups in total. The number of aromatic nitrogens is 2. The third-order valence-corrected chi connectivity index (χ3v) is 5.62. The molecule has 0 unspecified atom stereocenters. The van der Waals surface area contributed by atoms with Crippen LogP contribution in [-0.4, -0.2) is 33.2 Å². The third kappa shape index (κ3) is 3.30. The van der Waals surface area contributed by atoms with Gasteiger partial charge in [-0.3, -0.25) is 0 Å². The fourth-order valence-electron chi connectivity index (χ4n) is 4.20. The molecule has 0 saturated heterocycles. The molecule has 0 saturated carbocycles. The monoisotopic (exact) mass is 413 g/mol. The van der Waals surface area contributed by atoms with Crippen molar-refractivity contribution in [1.29, 1.82) is 0 Å². The van der Waals surface area contributed by atoms with Crippen molar-refractivity contribution >= 4 is 17.6 Å². The van der Waals surface area contributed by atoms with Crippen LogP contribution in [0.1, 0.15) is 33.2 Å². The molecule has 2 aromatic heterocycles. The highest BCUT2D eigenvalue weighted by atomic mass is 16.5. The quantitative estimate of drug-likeness (QED) is 0.514. The number of hydrogen-bond donors (Lipinski definition) is 2. The summed E-state index contributed by atoms with van der Waals surface area (Å²) in [5.41, 5.74) is 5.80. The van der Waals surface area contributed by atoms with E-state index in [0.29, 0.717) is 11.2 Å². The van der Waals surface area contributed by atoms with Crippen molar-refractivity contribution in [2.24, 2.45) is 0 Å². The molecule has 2 heterocycles. The molecule has 0 bridgehead atoms. The summed E-state index contributed by atoms with van der Waals surface area (Å²) in [5, 5.41) is 12.0. The summed E-state index contributed by atoms with van der Waals surface area (Å²) in [7, 11) is 0. The Labute approximate surface area is 177 Å². The van der Waals surface area contributed by atoms with Gasteiger partial charge in [-0.15, -0.1) is 0 Å². The summed E-state index contributed by atoms with van der Waals surface area (Å²) in [5.74, 6) is -1.10. The lowest BCUT2D eigenvalue weighted by Gasteiger charge is -2.15. The van der Waals surface area contributed by atoms with Crippen molar-refractivity contribution in [2.45, 2.75) is 12.5 Å². The second-order valence-electron chi connectivity index (χ2n) is 7.35. The number of amides is 1. The van der Waals surface area contributed by atoms with Gasteiger partial charge in [0.25, 0.3) is 0 Å². The molecule has 154 valence electrons. The first-order valence-corrected chi connectivity index (χ1v) is 9.90. The SMILES string of the molecule is O=C(NCc1cccc2c(C(=O)O)ncn12)OCC1c2ccccc2-c2ccccc21. The first kappa shape index (κ1) is 18.9. The number of hydrogen-bond acceptors (Lipinski definition) is 4. The first-order valence-electron chi connectivity index (χ1n) is 9.90. The van der Waals surface area contributed by atoms with E-state index in [9.17, 15) is 14.7 Å². The van der Waals surface area contributed by atoms with Crippen LogP contribution in [0.2, 0.25) is 0 Å². The molecule has 5 rings (SSSR count). The summed E-state index contributed by atoms with van der Waals surface area (Å²) in [4.78, 5) is 27.6. The number of carbonyl (C=O) groups excluding carboxylic acids is 1. The molecule has 0 atom stereocenters. The Morgan fingerprint density at radius 3 is 2.32 bits per heavy atom. The molecular weight excluding hydrogens is 394 g/mol. The Hall–Kier alpha value is -4.13. The number of carboxylic acid groups (broad SMARTS) is 1. The predicted octanol–water partition coefficient (Wildman–Crippen LogP) is 4.07. The molecule has 7 nitrogen and oxygen atoms in total. The number of alkyl carbamates (subject to hydrolysis) is 1. The molecule has 1 aliphatic rings. The van der Waals surface area contributed by atoms with Gasteiger partial charge in [-0.2, -0.15) is 0 Å². The number of carbonyl (C=O) groups is 2. The van der Waals surface area contributed by atoms with Crippen LogP contribution in [0.3, 0.4) is 0 Å². The maximum absolute atomic E-state index is 12.4. The van der Waals surface area contributed by atoms with Gasteiger partial charge < -0.3 is 19.6 Å². The van der Waals surface area contributed by atoms with Crippen LogP contribution < -0.4 is 5.32 Å². The van der Waals surface area contributed by atoms with Gasteiger partial charge in [0.15, 0.2) is 5.69 Å². The number of nitrogens with zero attached hydrogens (tertiary/aromatic N) is 2. The lowest BCUT2D eigenvalue weighted by Crippen LogP contribution is -2.26. The number of ether oxygens (including phenoxy) is 1. The van der Waals surface area contributed by atoms with Crippen LogP contribution in [0.15, 0.2) is 73.1 Å². The average molecular weight is 413 g/mol. The maximum Gasteiger partial charge on any atom is 0.407 e. The minimum atomic E-state index is -1.09. The summed E-state index contributed by atoms with van der Waals surface area (Å²) in [6, 6.07) is 21.5. The van der Waals surface area contributed by atoms with Gasteiger partial charge in [0.2, 0.25) is 0 Å². The second-order valence-corrected chi connectivity index (χ2v) is 7.35. The van der Waals surface area contributed by atoms with Gasteiger partial charge in [-0.25, -0.2) is 14.6 Å². The number of fused-ring (bicyclic) bond motifs is 4. The smallest absolute Gasteiger partial charge is 0.407 e. The summed E-state index contributed by atoms with van der Waals surface area (Å²) in [6.45, 7) is 0.418. The van der Waals surface area contributed by atoms with E-state index in [1.54, 1.807) is 22.6 Å². The van der Waals surface area contributed by atoms with Crippen LogP contribution in [0.4, 0.5) is 4.79 Å². The van der Waals surface area contributed by atoms with E-state index in [-0.39, 0.29) is 24.8 Å². The normalized spacial score (nSPS) is 12.4. The molecular formula is C24H19N3O4. The minimum absolute atomic E-state index is 0.00615. The first-order chi connectivity index (χ1) is 15.1. The van der Waals surface area contributed by atoms with E-state index in [1.165, 1.54) is 17.5 Å². The molecule has 0 fully saturated rings. The molecule has 7 heteroatoms. The number of aromatic carboxylic acids is 1. The zero-order valence-corrected chi connectivity index (χ0v) is 16.5. The molecule has 31 heavy (non-hydrogen) atoms. The highest BCUT2D eigenvalue weighted by Gasteiger charge is 2.29. The Morgan fingerprint density at radius 1 is 0.968 bits per heavy atom. The van der Waals surface area contributed by atoms with Crippen LogP contribution in [0.5, 0.6) is 0 Å². The largest absolute Gasteiger partial charge is 0.476 e. The van der Waals surface area contributed by atoms with Crippen LogP contribution >= 0.6 is 0 Å². The number of benzene rings is 2. The van der Waals surface area contributed by atoms with Crippen molar-refractivity contribution in [3.05, 3.63) is 95.6 Å². The van der Waals surface area contributed by atoms with Gasteiger partial charge in [-0.05, 0) is 34.4 Å². The van der Waals surface area contributed by atoms with Crippen molar-refractivity contribution in [2.75, 3.05) is 6.61 Å². The van der Waals surface area contributed by atoms with E-state index >= 15 is 0 Å². The third-order valence-electron chi connectivity index (χ3n) is 5.62. The van der Waals surface area contributed by atoms with Crippen molar-refractivity contribution in [1.82, 2.24) is 14.7 Å². The molecule has 0 aliphatic heterocycles. The van der Waals surface area contributed by atoms with Gasteiger partial charge in [0.05, 0.1) is 12.1 Å². The Bertz CT molecular complexity index is 1270. The summed E-state index contributed by atoms with van der Waals surface area (Å²) in [6.07, 6.45) is 0.908. The molecule has 4 aromatic rings. The summed E-state index contributed by atoms with van der Waals surface area (Å²) >= 11 is 0. The van der Waals surface area contributed by atoms with Crippen LogP contribution in [0.25, 0.3) is 16.6 Å². The number of imidazole rings is 1. The highest BCUT2D eigenvalue weighted by Crippen LogP contribution is 2.44. The Morgan fingerprint density at radius 2 is 1.65 bits per heavy atom. The van der Waals surface area contributed by atoms with E-state index < -0.39 is 12.1 Å². The molecule has 1 aliphatic carbocycles. The van der Waals surface area contributed by atoms with Gasteiger partial charge in [-0.1, -0.05) is 54.6 Å². The van der Waals surface area contributed by atoms with E-state index in [2.05, 4.69) is 34.6 Å². The standard InChI is InChI=1S/C24H19N3O4/c28-23(29)22-21-11-5-6-15(27(21)14-26-22)12-25-24(30)31-13-20-18-9-3-1-7-16(18)17-8-2-4-10-19(17)20/h1-11,14,20H,12-13H2,(H,25,30)(H,28,29). The summed E-state index contributed by atoms with van der Waals surface area (Å²) < 4.78 is 7.19. The molecule has 0 spiro atoms. The highest BCUT2D eigenvalue weighted by molar-refractivity contribution is 5.93. The van der Waals surface area contributed by atoms with Crippen LogP contribution in [-0.2, 0) is 11.3 Å². The second kappa shape index (κ2) is 7.60. The lowest BCUT2D eigenvalue weighted by molar-refractivity contribution is 0.0693. The van der Waals surface area contributed by atoms with Gasteiger partial charge >= 0.3 is 12.1 Å². The molecule has 0 radical (unpaired) electrons. The van der Waals surface area contributed by atoms with Crippen LogP contribution in [0, 0.1) is 0 Å². The predicted molar refractivity (Wildman–Crippen MR) is 114 cm³/mol. The van der Waals surface area contributed by atoms with E-state index in [1.807, 2.05) is 24.3 Å². The molecule has 1 amide bonds.